The number of alkyl halides is 18. The van der Waals surface area contributed by atoms with Crippen LogP contribution in [0.15, 0.2) is 0 Å². The first kappa shape index (κ1) is 62.7. The molecule has 0 heterocycles. The van der Waals surface area contributed by atoms with Crippen molar-refractivity contribution in [2.24, 2.45) is 0 Å². The summed E-state index contributed by atoms with van der Waals surface area (Å²) in [6.07, 6.45) is -38.2. The number of rotatable bonds is 0. The molecule has 0 amide bonds. The van der Waals surface area contributed by atoms with Gasteiger partial charge in [0, 0.05) is 42.7 Å². The number of carbonyl (C=O) groups excluding carboxylic acids is 1. The van der Waals surface area contributed by atoms with E-state index in [0.29, 0.717) is 0 Å². The van der Waals surface area contributed by atoms with Crippen molar-refractivity contribution < 1.29 is 103 Å². The molecule has 25 heteroatoms. The van der Waals surface area contributed by atoms with Crippen molar-refractivity contribution in [2.45, 2.75) is 51.3 Å². The number of halogens is 18. The second-order valence-corrected chi connectivity index (χ2v) is 5.34. The van der Waals surface area contributed by atoms with E-state index in [9.17, 15) is 79.0 Å². The molecule has 0 saturated heterocycles. The Bertz CT molecular complexity index is 442. The summed E-state index contributed by atoms with van der Waals surface area (Å²) >= 11 is 0. The molecule has 0 saturated carbocycles. The number of methoxy groups -OCH3 is 3. The molecule has 0 spiro atoms. The fraction of sp³-hybridized carbons (Fsp3) is 0.875. The van der Waals surface area contributed by atoms with E-state index in [1.807, 2.05) is 6.79 Å². The van der Waals surface area contributed by atoms with Crippen molar-refractivity contribution in [3.05, 3.63) is 6.65 Å². The molecule has 0 fully saturated rings. The second-order valence-electron chi connectivity index (χ2n) is 5.34. The number of hydrogen-bond donors (Lipinski definition) is 0. The van der Waals surface area contributed by atoms with Crippen LogP contribution in [0.1, 0.15) is 14.9 Å². The van der Waals surface area contributed by atoms with Crippen molar-refractivity contribution >= 4 is 20.2 Å². The monoisotopic (exact) mass is 664 g/mol. The zero-order valence-electron chi connectivity index (χ0n) is 20.2. The van der Waals surface area contributed by atoms with Crippen molar-refractivity contribution in [2.75, 3.05) is 42.7 Å². The molecule has 0 radical (unpaired) electrons. The standard InChI is InChI=1S/2C3BF9.3C2H6O.CH2O.CO.2CH4/c2*5-1(6,7)4(2(8,9)10)3(11,12)13;3*1-3-2;2*1-2;;/h;;3*1-2H3;1H2;;2*1H4. The summed E-state index contributed by atoms with van der Waals surface area (Å²) in [5.41, 5.74) is 0. The maximum atomic E-state index is 11.3. The van der Waals surface area contributed by atoms with Gasteiger partial charge < -0.3 is 19.0 Å². The Morgan fingerprint density at radius 1 is 0.415 bits per heavy atom. The van der Waals surface area contributed by atoms with Gasteiger partial charge in [-0.15, -0.1) is 0 Å². The first-order valence-electron chi connectivity index (χ1n) is 8.08. The van der Waals surface area contributed by atoms with Crippen LogP contribution in [0.5, 0.6) is 0 Å². The average molecular weight is 664 g/mol. The van der Waals surface area contributed by atoms with E-state index in [1.54, 1.807) is 42.7 Å². The van der Waals surface area contributed by atoms with Gasteiger partial charge in [-0.1, -0.05) is 14.9 Å². The van der Waals surface area contributed by atoms with Crippen LogP contribution in [0.25, 0.3) is 0 Å². The van der Waals surface area contributed by atoms with Gasteiger partial charge >= 0.3 is 61.2 Å². The van der Waals surface area contributed by atoms with Crippen LogP contribution < -0.4 is 0 Å². The van der Waals surface area contributed by atoms with Crippen LogP contribution in [0, 0.1) is 6.65 Å². The third kappa shape index (κ3) is 42.8. The normalized spacial score (nSPS) is 10.7. The molecule has 0 N–H and O–H groups in total. The zero-order chi connectivity index (χ0) is 34.3. The zero-order valence-corrected chi connectivity index (χ0v) is 20.2. The minimum atomic E-state index is -6.36. The predicted octanol–water partition coefficient (Wildman–Crippen LogP) is 7.41. The fourth-order valence-electron chi connectivity index (χ4n) is 1.11. The topological polar surface area (TPSA) is 64.7 Å². The molecule has 0 atom stereocenters. The van der Waals surface area contributed by atoms with Crippen LogP contribution in [0.3, 0.4) is 0 Å². The van der Waals surface area contributed by atoms with E-state index < -0.39 is 49.9 Å². The molecule has 0 aliphatic carbocycles. The van der Waals surface area contributed by atoms with E-state index >= 15 is 0 Å². The number of ether oxygens (including phenoxy) is 3. The van der Waals surface area contributed by atoms with Gasteiger partial charge in [0.15, 0.2) is 0 Å². The summed E-state index contributed by atoms with van der Waals surface area (Å²) < 4.78 is 223. The molecule has 0 rings (SSSR count). The fourth-order valence-corrected chi connectivity index (χ4v) is 1.11. The Morgan fingerprint density at radius 2 is 0.463 bits per heavy atom. The summed E-state index contributed by atoms with van der Waals surface area (Å²) in [7, 11) is 9.75. The van der Waals surface area contributed by atoms with E-state index in [2.05, 4.69) is 20.9 Å². The SMILES string of the molecule is C.C.C=O.COC.COC.COC.FC(F)(F)B(C(F)(F)F)C(F)(F)F.FC(F)(F)B(C(F)(F)F)C(F)(F)F.[C-]#[O+]. The predicted molar refractivity (Wildman–Crippen MR) is 111 cm³/mol. The van der Waals surface area contributed by atoms with Gasteiger partial charge in [-0.3, -0.25) is 0 Å². The molecule has 0 aromatic heterocycles. The second kappa shape index (κ2) is 28.3. The summed E-state index contributed by atoms with van der Waals surface area (Å²) in [5, 5.41) is 0. The maximum absolute atomic E-state index is 11.3. The Labute approximate surface area is 224 Å². The van der Waals surface area contributed by atoms with Gasteiger partial charge in [0.1, 0.15) is 6.79 Å². The quantitative estimate of drug-likeness (QED) is 0.117. The van der Waals surface area contributed by atoms with E-state index in [0.717, 1.165) is 0 Å². The summed E-state index contributed by atoms with van der Waals surface area (Å²) in [6.45, 7) is -4.04. The summed E-state index contributed by atoms with van der Waals surface area (Å²) in [6, 6.07) is 0. The molecule has 0 aliphatic rings. The van der Waals surface area contributed by atoms with E-state index in [-0.39, 0.29) is 14.9 Å². The van der Waals surface area contributed by atoms with Gasteiger partial charge in [0.2, 0.25) is 0 Å². The number of hydrogen-bond acceptors (Lipinski definition) is 4. The molecule has 0 bridgehead atoms. The summed E-state index contributed by atoms with van der Waals surface area (Å²) in [4.78, 5) is 8.00. The van der Waals surface area contributed by atoms with Gasteiger partial charge in [-0.2, -0.15) is 79.0 Å². The van der Waals surface area contributed by atoms with Crippen LogP contribution >= 0.6 is 0 Å². The Kier molecular flexibility index (Phi) is 43.3. The molecule has 5 nitrogen and oxygen atoms in total. The Morgan fingerprint density at radius 3 is 0.463 bits per heavy atom. The summed E-state index contributed by atoms with van der Waals surface area (Å²) in [5.74, 6) is 0. The third-order valence-electron chi connectivity index (χ3n) is 1.96. The minimum absolute atomic E-state index is 0. The van der Waals surface area contributed by atoms with Gasteiger partial charge in [-0.25, -0.2) is 0 Å². The van der Waals surface area contributed by atoms with E-state index in [1.165, 1.54) is 0 Å². The molecule has 41 heavy (non-hydrogen) atoms. The Balaban J connectivity index is -0.0000000487. The third-order valence-corrected chi connectivity index (χ3v) is 1.96. The van der Waals surface area contributed by atoms with Crippen molar-refractivity contribution in [3.8, 4) is 0 Å². The van der Waals surface area contributed by atoms with Crippen molar-refractivity contribution in [1.29, 1.82) is 0 Å². The van der Waals surface area contributed by atoms with Crippen molar-refractivity contribution in [3.63, 3.8) is 0 Å². The first-order chi connectivity index (χ1) is 17.0. The van der Waals surface area contributed by atoms with Crippen LogP contribution in [0.4, 0.5) is 79.0 Å². The Hall–Kier alpha value is -1.84. The molecule has 0 aromatic carbocycles. The number of carbonyl (C=O) groups is 1. The molecular formula is C16H28B2F18O5. The molecule has 254 valence electrons. The van der Waals surface area contributed by atoms with Gasteiger partial charge in [0.05, 0.1) is 0 Å². The first-order valence-corrected chi connectivity index (χ1v) is 8.08. The van der Waals surface area contributed by atoms with Crippen LogP contribution in [0.2, 0.25) is 0 Å². The molecule has 0 aromatic rings. The van der Waals surface area contributed by atoms with Gasteiger partial charge in [0.25, 0.3) is 0 Å². The van der Waals surface area contributed by atoms with Crippen LogP contribution in [-0.4, -0.2) is 99.3 Å². The molecule has 0 unspecified atom stereocenters. The average Bonchev–Trinajstić information content (AvgIpc) is 2.59. The molecular weight excluding hydrogens is 636 g/mol. The van der Waals surface area contributed by atoms with E-state index in [4.69, 9.17) is 9.45 Å². The van der Waals surface area contributed by atoms with Crippen molar-refractivity contribution in [1.82, 2.24) is 0 Å². The van der Waals surface area contributed by atoms with Crippen LogP contribution in [-0.2, 0) is 23.7 Å². The molecule has 0 aliphatic heterocycles. The van der Waals surface area contributed by atoms with Gasteiger partial charge in [-0.05, 0) is 0 Å².